The first kappa shape index (κ1) is 17.9. The summed E-state index contributed by atoms with van der Waals surface area (Å²) in [4.78, 5) is 4.88. The molecule has 0 N–H and O–H groups in total. The molecular weight excluding hydrogens is 414 g/mol. The molecule has 3 heteroatoms. The van der Waals surface area contributed by atoms with Crippen LogP contribution in [-0.2, 0) is 0 Å². The molecule has 3 heterocycles. The van der Waals surface area contributed by atoms with E-state index < -0.39 is 0 Å². The maximum Gasteiger partial charge on any atom is 0.138 e. The zero-order valence-electron chi connectivity index (χ0n) is 18.3. The molecule has 0 spiro atoms. The Hall–Kier alpha value is -4.63. The Kier molecular flexibility index (Phi) is 3.39. The first-order chi connectivity index (χ1) is 16.8. The van der Waals surface area contributed by atoms with Gasteiger partial charge in [-0.2, -0.15) is 0 Å². The molecule has 0 fully saturated rings. The Morgan fingerprint density at radius 1 is 0.500 bits per heavy atom. The van der Waals surface area contributed by atoms with Gasteiger partial charge < -0.3 is 4.57 Å². The van der Waals surface area contributed by atoms with Crippen LogP contribution in [0.25, 0.3) is 65.7 Å². The molecule has 0 saturated carbocycles. The topological polar surface area (TPSA) is 22.2 Å². The lowest BCUT2D eigenvalue weighted by molar-refractivity contribution is 1.15. The van der Waals surface area contributed by atoms with Gasteiger partial charge in [-0.3, -0.25) is 4.40 Å². The standard InChI is InChI=1S/C31H19N3/c1-2-8-23-20(7-1)13-14-21-15-16-22(17-25(21)23)34-28-11-5-3-9-24(28)26-18-31-32-27-10-4-6-12-29(27)33(31)19-30(26)34/h1-19H. The fraction of sp³-hybridized carbons (Fsp3) is 0. The van der Waals surface area contributed by atoms with E-state index in [1.165, 1.54) is 49.0 Å². The van der Waals surface area contributed by atoms with Gasteiger partial charge in [-0.05, 0) is 57.9 Å². The molecule has 0 aliphatic rings. The molecule has 0 bridgehead atoms. The fourth-order valence-electron chi connectivity index (χ4n) is 5.52. The number of nitrogens with zero attached hydrogens (tertiary/aromatic N) is 3. The molecule has 5 aromatic carbocycles. The molecule has 0 amide bonds. The number of rotatable bonds is 1. The van der Waals surface area contributed by atoms with Crippen molar-refractivity contribution in [1.29, 1.82) is 0 Å². The van der Waals surface area contributed by atoms with Crippen LogP contribution in [0.5, 0.6) is 0 Å². The van der Waals surface area contributed by atoms with Crippen LogP contribution in [0.1, 0.15) is 0 Å². The minimum Gasteiger partial charge on any atom is -0.308 e. The normalized spacial score (nSPS) is 12.1. The molecule has 0 radical (unpaired) electrons. The summed E-state index contributed by atoms with van der Waals surface area (Å²) in [7, 11) is 0. The molecule has 0 unspecified atom stereocenters. The lowest BCUT2D eigenvalue weighted by atomic mass is 10.0. The highest BCUT2D eigenvalue weighted by Crippen LogP contribution is 2.35. The van der Waals surface area contributed by atoms with Crippen molar-refractivity contribution in [2.24, 2.45) is 0 Å². The Labute approximate surface area is 195 Å². The predicted octanol–water partition coefficient (Wildman–Crippen LogP) is 7.89. The van der Waals surface area contributed by atoms with Crippen molar-refractivity contribution in [3.63, 3.8) is 0 Å². The van der Waals surface area contributed by atoms with Gasteiger partial charge in [0, 0.05) is 22.7 Å². The SMILES string of the molecule is c1ccc2c(c1)ccc1ccc(-n3c4ccccc4c4cc5nc6ccccc6n5cc43)cc12. The molecule has 8 rings (SSSR count). The molecule has 3 aromatic heterocycles. The average molecular weight is 434 g/mol. The van der Waals surface area contributed by atoms with Crippen molar-refractivity contribution in [3.05, 3.63) is 115 Å². The number of hydrogen-bond acceptors (Lipinski definition) is 1. The first-order valence-corrected chi connectivity index (χ1v) is 11.6. The highest BCUT2D eigenvalue weighted by molar-refractivity contribution is 6.12. The van der Waals surface area contributed by atoms with Crippen molar-refractivity contribution >= 4 is 60.0 Å². The van der Waals surface area contributed by atoms with Crippen LogP contribution in [0.3, 0.4) is 0 Å². The van der Waals surface area contributed by atoms with Crippen LogP contribution in [0.2, 0.25) is 0 Å². The van der Waals surface area contributed by atoms with Crippen molar-refractivity contribution in [2.75, 3.05) is 0 Å². The Bertz CT molecular complexity index is 2070. The van der Waals surface area contributed by atoms with E-state index in [4.69, 9.17) is 4.98 Å². The van der Waals surface area contributed by atoms with E-state index in [2.05, 4.69) is 118 Å². The summed E-state index contributed by atoms with van der Waals surface area (Å²) in [5.74, 6) is 0. The summed E-state index contributed by atoms with van der Waals surface area (Å²) in [5, 5.41) is 7.54. The molecule has 158 valence electrons. The number of benzene rings is 5. The lowest BCUT2D eigenvalue weighted by Gasteiger charge is -2.11. The average Bonchev–Trinajstić information content (AvgIpc) is 3.42. The molecule has 0 aliphatic carbocycles. The zero-order valence-corrected chi connectivity index (χ0v) is 18.3. The van der Waals surface area contributed by atoms with E-state index in [-0.39, 0.29) is 0 Å². The van der Waals surface area contributed by atoms with Crippen molar-refractivity contribution < 1.29 is 0 Å². The van der Waals surface area contributed by atoms with E-state index in [1.54, 1.807) is 0 Å². The number of hydrogen-bond donors (Lipinski definition) is 0. The second kappa shape index (κ2) is 6.46. The van der Waals surface area contributed by atoms with Gasteiger partial charge in [0.25, 0.3) is 0 Å². The second-order valence-corrected chi connectivity index (χ2v) is 8.95. The van der Waals surface area contributed by atoms with Gasteiger partial charge in [0.05, 0.1) is 22.1 Å². The number of pyridine rings is 1. The van der Waals surface area contributed by atoms with Crippen LogP contribution >= 0.6 is 0 Å². The monoisotopic (exact) mass is 433 g/mol. The maximum absolute atomic E-state index is 4.88. The van der Waals surface area contributed by atoms with E-state index in [0.717, 1.165) is 16.7 Å². The Morgan fingerprint density at radius 2 is 1.21 bits per heavy atom. The van der Waals surface area contributed by atoms with E-state index in [9.17, 15) is 0 Å². The number of fused-ring (bicyclic) bond motifs is 9. The van der Waals surface area contributed by atoms with E-state index in [0.29, 0.717) is 0 Å². The highest BCUT2D eigenvalue weighted by atomic mass is 15.0. The molecule has 3 nitrogen and oxygen atoms in total. The second-order valence-electron chi connectivity index (χ2n) is 8.95. The van der Waals surface area contributed by atoms with Gasteiger partial charge >= 0.3 is 0 Å². The van der Waals surface area contributed by atoms with Gasteiger partial charge in [0.15, 0.2) is 0 Å². The quantitative estimate of drug-likeness (QED) is 0.241. The third kappa shape index (κ3) is 2.33. The molecule has 34 heavy (non-hydrogen) atoms. The smallest absolute Gasteiger partial charge is 0.138 e. The molecule has 8 aromatic rings. The Balaban J connectivity index is 1.53. The lowest BCUT2D eigenvalue weighted by Crippen LogP contribution is -1.95. The molecule has 0 aliphatic heterocycles. The fourth-order valence-corrected chi connectivity index (χ4v) is 5.52. The van der Waals surface area contributed by atoms with Gasteiger partial charge in [0.1, 0.15) is 5.65 Å². The van der Waals surface area contributed by atoms with Gasteiger partial charge in [-0.25, -0.2) is 4.98 Å². The summed E-state index contributed by atoms with van der Waals surface area (Å²) in [6, 6.07) is 39.1. The summed E-state index contributed by atoms with van der Waals surface area (Å²) < 4.78 is 4.60. The third-order valence-electron chi connectivity index (χ3n) is 7.09. The summed E-state index contributed by atoms with van der Waals surface area (Å²) in [6.07, 6.45) is 2.24. The third-order valence-corrected chi connectivity index (χ3v) is 7.09. The van der Waals surface area contributed by atoms with Crippen LogP contribution in [0.15, 0.2) is 115 Å². The molecule has 0 atom stereocenters. The first-order valence-electron chi connectivity index (χ1n) is 11.6. The number of para-hydroxylation sites is 3. The predicted molar refractivity (Wildman–Crippen MR) is 142 cm³/mol. The van der Waals surface area contributed by atoms with Crippen molar-refractivity contribution in [2.45, 2.75) is 0 Å². The van der Waals surface area contributed by atoms with Gasteiger partial charge in [-0.15, -0.1) is 0 Å². The van der Waals surface area contributed by atoms with Crippen LogP contribution in [0, 0.1) is 0 Å². The Morgan fingerprint density at radius 3 is 2.12 bits per heavy atom. The summed E-state index contributed by atoms with van der Waals surface area (Å²) >= 11 is 0. The van der Waals surface area contributed by atoms with Crippen LogP contribution in [-0.4, -0.2) is 14.0 Å². The summed E-state index contributed by atoms with van der Waals surface area (Å²) in [6.45, 7) is 0. The van der Waals surface area contributed by atoms with E-state index >= 15 is 0 Å². The molecular formula is C31H19N3. The van der Waals surface area contributed by atoms with Crippen LogP contribution in [0.4, 0.5) is 0 Å². The minimum absolute atomic E-state index is 0.973. The maximum atomic E-state index is 4.88. The highest BCUT2D eigenvalue weighted by Gasteiger charge is 2.15. The minimum atomic E-state index is 0.973. The number of imidazole rings is 1. The van der Waals surface area contributed by atoms with Crippen molar-refractivity contribution in [1.82, 2.24) is 14.0 Å². The van der Waals surface area contributed by atoms with E-state index in [1.807, 2.05) is 6.07 Å². The summed E-state index contributed by atoms with van der Waals surface area (Å²) in [5.41, 5.74) is 6.66. The number of aromatic nitrogens is 3. The van der Waals surface area contributed by atoms with Gasteiger partial charge in [-0.1, -0.05) is 72.8 Å². The van der Waals surface area contributed by atoms with Crippen molar-refractivity contribution in [3.8, 4) is 5.69 Å². The molecule has 0 saturated heterocycles. The van der Waals surface area contributed by atoms with Crippen LogP contribution < -0.4 is 0 Å². The largest absolute Gasteiger partial charge is 0.308 e. The zero-order chi connectivity index (χ0) is 22.2. The van der Waals surface area contributed by atoms with Gasteiger partial charge in [0.2, 0.25) is 0 Å².